The van der Waals surface area contributed by atoms with Crippen LogP contribution in [0, 0.1) is 18.3 Å². The highest BCUT2D eigenvalue weighted by molar-refractivity contribution is 8.04. The second-order valence-corrected chi connectivity index (χ2v) is 10.4. The van der Waals surface area contributed by atoms with Crippen molar-refractivity contribution in [2.24, 2.45) is 0 Å². The molecule has 5 rings (SSSR count). The van der Waals surface area contributed by atoms with Gasteiger partial charge >= 0.3 is 0 Å². The van der Waals surface area contributed by atoms with E-state index < -0.39 is 5.91 Å². The number of nitrogens with one attached hydrogen (secondary N) is 1. The van der Waals surface area contributed by atoms with Crippen LogP contribution in [-0.2, 0) is 9.59 Å². The second kappa shape index (κ2) is 11.0. The van der Waals surface area contributed by atoms with Crippen molar-refractivity contribution < 1.29 is 9.59 Å². The number of carbonyl (C=O) groups excluding carboxylic acids is 2. The number of nitriles is 1. The molecule has 2 heterocycles. The number of benzene rings is 3. The van der Waals surface area contributed by atoms with E-state index >= 15 is 0 Å². The molecule has 1 saturated heterocycles. The standard InChI is InChI=1S/C30H26N6O2S/c1-19(2)24-6-4-5-7-26(24)36-27(37)17-39-30(36)25(16-31)29(38)33-22-12-10-21(11-13-22)28-32-18-35(34-28)23-14-8-20(3)9-15-23/h4-15,18-19H,17H2,1-3H3,(H,33,38)/b30-25-. The number of thioether (sulfide) groups is 1. The average Bonchev–Trinajstić information content (AvgIpc) is 3.57. The van der Waals surface area contributed by atoms with Gasteiger partial charge in [0, 0.05) is 11.3 Å². The molecule has 2 amide bonds. The maximum Gasteiger partial charge on any atom is 0.269 e. The molecule has 1 N–H and O–H groups in total. The Kier molecular flexibility index (Phi) is 7.30. The monoisotopic (exact) mass is 534 g/mol. The van der Waals surface area contributed by atoms with Gasteiger partial charge in [-0.25, -0.2) is 9.67 Å². The van der Waals surface area contributed by atoms with Gasteiger partial charge in [0.15, 0.2) is 5.82 Å². The number of amides is 2. The average molecular weight is 535 g/mol. The predicted octanol–water partition coefficient (Wildman–Crippen LogP) is 5.82. The Balaban J connectivity index is 1.37. The molecule has 0 aliphatic carbocycles. The molecule has 0 saturated carbocycles. The molecule has 1 aliphatic heterocycles. The summed E-state index contributed by atoms with van der Waals surface area (Å²) in [5.74, 6) is 0.142. The molecule has 4 aromatic rings. The van der Waals surface area contributed by atoms with Gasteiger partial charge in [-0.2, -0.15) is 5.26 Å². The summed E-state index contributed by atoms with van der Waals surface area (Å²) >= 11 is 1.20. The molecule has 0 spiro atoms. The maximum absolute atomic E-state index is 13.2. The molecule has 194 valence electrons. The highest BCUT2D eigenvalue weighted by Gasteiger charge is 2.34. The Morgan fingerprint density at radius 2 is 1.77 bits per heavy atom. The molecule has 9 heteroatoms. The molecule has 0 atom stereocenters. The van der Waals surface area contributed by atoms with Crippen LogP contribution in [0.5, 0.6) is 0 Å². The minimum absolute atomic E-state index is 0.105. The summed E-state index contributed by atoms with van der Waals surface area (Å²) in [6.45, 7) is 6.11. The van der Waals surface area contributed by atoms with E-state index in [0.717, 1.165) is 22.4 Å². The van der Waals surface area contributed by atoms with Crippen molar-refractivity contribution in [3.63, 3.8) is 0 Å². The molecule has 1 aliphatic rings. The molecule has 8 nitrogen and oxygen atoms in total. The minimum Gasteiger partial charge on any atom is -0.321 e. The summed E-state index contributed by atoms with van der Waals surface area (Å²) in [5, 5.41) is 17.6. The van der Waals surface area contributed by atoms with Crippen LogP contribution in [0.4, 0.5) is 11.4 Å². The first-order valence-corrected chi connectivity index (χ1v) is 13.4. The summed E-state index contributed by atoms with van der Waals surface area (Å²) < 4.78 is 1.71. The number of rotatable bonds is 6. The first kappa shape index (κ1) is 25.9. The number of hydrogen-bond donors (Lipinski definition) is 1. The topological polar surface area (TPSA) is 104 Å². The van der Waals surface area contributed by atoms with Crippen molar-refractivity contribution in [3.8, 4) is 23.1 Å². The van der Waals surface area contributed by atoms with Crippen LogP contribution < -0.4 is 10.2 Å². The van der Waals surface area contributed by atoms with Gasteiger partial charge in [0.2, 0.25) is 5.91 Å². The molecule has 1 fully saturated rings. The van der Waals surface area contributed by atoms with Gasteiger partial charge in [-0.3, -0.25) is 14.5 Å². The van der Waals surface area contributed by atoms with Gasteiger partial charge in [0.1, 0.15) is 23.0 Å². The van der Waals surface area contributed by atoms with Crippen molar-refractivity contribution in [1.82, 2.24) is 14.8 Å². The molecule has 1 aromatic heterocycles. The van der Waals surface area contributed by atoms with Crippen LogP contribution >= 0.6 is 11.8 Å². The van der Waals surface area contributed by atoms with E-state index in [1.54, 1.807) is 23.1 Å². The van der Waals surface area contributed by atoms with Crippen molar-refractivity contribution in [2.75, 3.05) is 16.0 Å². The zero-order valence-electron chi connectivity index (χ0n) is 21.8. The Hall–Kier alpha value is -4.68. The van der Waals surface area contributed by atoms with Crippen LogP contribution in [0.1, 0.15) is 30.9 Å². The summed E-state index contributed by atoms with van der Waals surface area (Å²) in [5.41, 5.74) is 4.93. The number of aryl methyl sites for hydroxylation is 1. The van der Waals surface area contributed by atoms with Crippen LogP contribution in [0.15, 0.2) is 89.7 Å². The fourth-order valence-electron chi connectivity index (χ4n) is 4.29. The molecule has 0 unspecified atom stereocenters. The number of carbonyl (C=O) groups is 2. The van der Waals surface area contributed by atoms with Gasteiger partial charge in [0.25, 0.3) is 5.91 Å². The van der Waals surface area contributed by atoms with Gasteiger partial charge < -0.3 is 5.32 Å². The third-order valence-corrected chi connectivity index (χ3v) is 7.38. The van der Waals surface area contributed by atoms with E-state index in [1.807, 2.05) is 87.5 Å². The minimum atomic E-state index is -0.573. The van der Waals surface area contributed by atoms with Crippen molar-refractivity contribution in [1.29, 1.82) is 5.26 Å². The number of nitrogens with zero attached hydrogens (tertiary/aromatic N) is 5. The van der Waals surface area contributed by atoms with E-state index in [-0.39, 0.29) is 23.2 Å². The van der Waals surface area contributed by atoms with Crippen molar-refractivity contribution in [3.05, 3.63) is 101 Å². The SMILES string of the molecule is Cc1ccc(-n2cnc(-c3ccc(NC(=O)/C(C#N)=C4\SCC(=O)N4c4ccccc4C(C)C)cc3)n2)cc1. The van der Waals surface area contributed by atoms with Crippen LogP contribution in [0.25, 0.3) is 17.1 Å². The number of para-hydroxylation sites is 1. The van der Waals surface area contributed by atoms with E-state index in [2.05, 4.69) is 15.4 Å². The fourth-order valence-corrected chi connectivity index (χ4v) is 5.29. The van der Waals surface area contributed by atoms with E-state index in [0.29, 0.717) is 22.2 Å². The lowest BCUT2D eigenvalue weighted by Crippen LogP contribution is -2.28. The van der Waals surface area contributed by atoms with Crippen molar-refractivity contribution in [2.45, 2.75) is 26.7 Å². The zero-order chi connectivity index (χ0) is 27.5. The largest absolute Gasteiger partial charge is 0.321 e. The van der Waals surface area contributed by atoms with E-state index in [9.17, 15) is 14.9 Å². The third kappa shape index (κ3) is 5.33. The lowest BCUT2D eigenvalue weighted by Gasteiger charge is -2.23. The first-order chi connectivity index (χ1) is 18.9. The number of aromatic nitrogens is 3. The van der Waals surface area contributed by atoms with Gasteiger partial charge in [0.05, 0.1) is 17.1 Å². The molecule has 0 radical (unpaired) electrons. The molecule has 3 aromatic carbocycles. The highest BCUT2D eigenvalue weighted by atomic mass is 32.2. The van der Waals surface area contributed by atoms with Crippen LogP contribution in [0.3, 0.4) is 0 Å². The predicted molar refractivity (Wildman–Crippen MR) is 153 cm³/mol. The van der Waals surface area contributed by atoms with Gasteiger partial charge in [-0.1, -0.05) is 61.5 Å². The lowest BCUT2D eigenvalue weighted by atomic mass is 10.0. The van der Waals surface area contributed by atoms with Crippen molar-refractivity contribution >= 4 is 35.0 Å². The second-order valence-electron chi connectivity index (χ2n) is 9.40. The maximum atomic E-state index is 13.2. The fraction of sp³-hybridized carbons (Fsp3) is 0.167. The summed E-state index contributed by atoms with van der Waals surface area (Å²) in [6, 6.07) is 24.7. The van der Waals surface area contributed by atoms with Crippen LogP contribution in [0.2, 0.25) is 0 Å². The Bertz CT molecular complexity index is 1610. The van der Waals surface area contributed by atoms with E-state index in [4.69, 9.17) is 0 Å². The quantitative estimate of drug-likeness (QED) is 0.247. The summed E-state index contributed by atoms with van der Waals surface area (Å²) in [4.78, 5) is 32.0. The Morgan fingerprint density at radius 3 is 2.46 bits per heavy atom. The van der Waals surface area contributed by atoms with Gasteiger partial charge in [-0.05, 0) is 60.9 Å². The first-order valence-electron chi connectivity index (χ1n) is 12.4. The third-order valence-electron chi connectivity index (χ3n) is 6.33. The van der Waals surface area contributed by atoms with E-state index in [1.165, 1.54) is 16.7 Å². The zero-order valence-corrected chi connectivity index (χ0v) is 22.6. The normalized spacial score (nSPS) is 14.4. The Labute approximate surface area is 231 Å². The molecule has 0 bridgehead atoms. The Morgan fingerprint density at radius 1 is 1.05 bits per heavy atom. The summed E-state index contributed by atoms with van der Waals surface area (Å²) in [6.07, 6.45) is 1.66. The van der Waals surface area contributed by atoms with Crippen LogP contribution in [-0.4, -0.2) is 32.3 Å². The highest BCUT2D eigenvalue weighted by Crippen LogP contribution is 2.39. The number of hydrogen-bond acceptors (Lipinski definition) is 6. The van der Waals surface area contributed by atoms with Gasteiger partial charge in [-0.15, -0.1) is 5.10 Å². The molecular formula is C30H26N6O2S. The number of anilines is 2. The summed E-state index contributed by atoms with van der Waals surface area (Å²) in [7, 11) is 0. The molecular weight excluding hydrogens is 508 g/mol. The molecule has 39 heavy (non-hydrogen) atoms. The lowest BCUT2D eigenvalue weighted by molar-refractivity contribution is -0.115. The smallest absolute Gasteiger partial charge is 0.269 e.